The Morgan fingerprint density at radius 2 is 2.19 bits per heavy atom. The number of thioether (sulfide) groups is 1. The van der Waals surface area contributed by atoms with Gasteiger partial charge in [-0.1, -0.05) is 26.3 Å². The van der Waals surface area contributed by atoms with Crippen LogP contribution >= 0.6 is 11.8 Å². The summed E-state index contributed by atoms with van der Waals surface area (Å²) >= 11 is 1.81. The molecule has 0 saturated carbocycles. The van der Waals surface area contributed by atoms with Crippen LogP contribution in [0, 0.1) is 0 Å². The van der Waals surface area contributed by atoms with Crippen molar-refractivity contribution in [2.24, 2.45) is 0 Å². The molecule has 0 spiro atoms. The highest BCUT2D eigenvalue weighted by Crippen LogP contribution is 2.22. The molecule has 1 N–H and O–H groups in total. The van der Waals surface area contributed by atoms with Gasteiger partial charge in [-0.15, -0.1) is 11.8 Å². The molecule has 0 aromatic rings. The van der Waals surface area contributed by atoms with E-state index in [9.17, 15) is 0 Å². The normalized spacial score (nSPS) is 17.4. The first kappa shape index (κ1) is 18.2. The topological polar surface area (TPSA) is 15.3 Å². The van der Waals surface area contributed by atoms with Gasteiger partial charge in [0.05, 0.1) is 0 Å². The Kier molecular flexibility index (Phi) is 8.67. The maximum Gasteiger partial charge on any atom is 0.0408 e. The second-order valence-electron chi connectivity index (χ2n) is 5.88. The number of hydrogen-bond donors (Lipinski definition) is 1. The van der Waals surface area contributed by atoms with Crippen LogP contribution in [-0.2, 0) is 0 Å². The molecular weight excluding hydrogens is 276 g/mol. The second kappa shape index (κ2) is 9.99. The average Bonchev–Trinajstić information content (AvgIpc) is 2.43. The molecule has 0 aromatic carbocycles. The van der Waals surface area contributed by atoms with Gasteiger partial charge in [0.2, 0.25) is 0 Å². The van der Waals surface area contributed by atoms with Gasteiger partial charge in [-0.2, -0.15) is 0 Å². The molecule has 21 heavy (non-hydrogen) atoms. The van der Waals surface area contributed by atoms with Crippen LogP contribution in [0.25, 0.3) is 0 Å². The van der Waals surface area contributed by atoms with E-state index >= 15 is 0 Å². The lowest BCUT2D eigenvalue weighted by molar-refractivity contribution is 0.375. The van der Waals surface area contributed by atoms with E-state index in [1.54, 1.807) is 5.57 Å². The number of allylic oxidation sites excluding steroid dienone is 2. The Morgan fingerprint density at radius 3 is 2.71 bits per heavy atom. The molecular formula is C18H32N2S. The van der Waals surface area contributed by atoms with Crippen molar-refractivity contribution in [3.8, 4) is 0 Å². The van der Waals surface area contributed by atoms with Crippen molar-refractivity contribution in [3.63, 3.8) is 0 Å². The molecule has 1 aliphatic heterocycles. The van der Waals surface area contributed by atoms with E-state index in [4.69, 9.17) is 0 Å². The quantitative estimate of drug-likeness (QED) is 0.617. The summed E-state index contributed by atoms with van der Waals surface area (Å²) in [5.74, 6) is 0. The smallest absolute Gasteiger partial charge is 0.0408 e. The molecule has 0 saturated heterocycles. The summed E-state index contributed by atoms with van der Waals surface area (Å²) in [6.07, 6.45) is 11.4. The predicted molar refractivity (Wildman–Crippen MR) is 97.4 cm³/mol. The molecule has 0 amide bonds. The largest absolute Gasteiger partial charge is 0.386 e. The summed E-state index contributed by atoms with van der Waals surface area (Å²) in [6.45, 7) is 11.1. The van der Waals surface area contributed by atoms with Gasteiger partial charge in [0.1, 0.15) is 0 Å². The zero-order chi connectivity index (χ0) is 15.7. The molecule has 1 rings (SSSR count). The van der Waals surface area contributed by atoms with E-state index in [0.717, 1.165) is 25.9 Å². The molecule has 120 valence electrons. The summed E-state index contributed by atoms with van der Waals surface area (Å²) in [5, 5.41) is 5.93. The number of nitrogens with one attached hydrogen (secondary N) is 1. The highest BCUT2D eigenvalue weighted by atomic mass is 32.2. The summed E-state index contributed by atoms with van der Waals surface area (Å²) in [7, 11) is 0. The van der Waals surface area contributed by atoms with Gasteiger partial charge in [0, 0.05) is 37.4 Å². The Hall–Kier alpha value is -0.830. The van der Waals surface area contributed by atoms with Crippen molar-refractivity contribution in [1.82, 2.24) is 10.2 Å². The Bertz CT molecular complexity index is 396. The zero-order valence-corrected chi connectivity index (χ0v) is 15.2. The van der Waals surface area contributed by atoms with Crippen molar-refractivity contribution in [1.29, 1.82) is 0 Å². The Balaban J connectivity index is 2.40. The van der Waals surface area contributed by atoms with Gasteiger partial charge in [-0.3, -0.25) is 0 Å². The third-order valence-electron chi connectivity index (χ3n) is 3.84. The van der Waals surface area contributed by atoms with Crippen molar-refractivity contribution >= 4 is 11.8 Å². The Labute approximate surface area is 135 Å². The fourth-order valence-corrected chi connectivity index (χ4v) is 3.23. The van der Waals surface area contributed by atoms with Gasteiger partial charge < -0.3 is 10.2 Å². The fourth-order valence-electron chi connectivity index (χ4n) is 2.66. The van der Waals surface area contributed by atoms with Crippen molar-refractivity contribution in [2.45, 2.75) is 59.4 Å². The van der Waals surface area contributed by atoms with Crippen LogP contribution in [0.1, 0.15) is 53.4 Å². The molecule has 0 aromatic heterocycles. The molecule has 0 radical (unpaired) electrons. The SMILES string of the molecule is C/C=C(/CC1=CN(C/C(=C/SC)CC)C1)NC(C)CCC. The lowest BCUT2D eigenvalue weighted by Crippen LogP contribution is -2.33. The molecule has 0 aliphatic carbocycles. The lowest BCUT2D eigenvalue weighted by Gasteiger charge is -2.33. The number of nitrogens with zero attached hydrogens (tertiary/aromatic N) is 1. The van der Waals surface area contributed by atoms with Crippen LogP contribution in [0.15, 0.2) is 34.5 Å². The molecule has 0 fully saturated rings. The molecule has 1 heterocycles. The van der Waals surface area contributed by atoms with Crippen LogP contribution < -0.4 is 5.32 Å². The Morgan fingerprint density at radius 1 is 1.48 bits per heavy atom. The molecule has 0 bridgehead atoms. The highest BCUT2D eigenvalue weighted by molar-refractivity contribution is 8.01. The molecule has 1 unspecified atom stereocenters. The summed E-state index contributed by atoms with van der Waals surface area (Å²) in [5.41, 5.74) is 4.44. The number of rotatable bonds is 10. The van der Waals surface area contributed by atoms with Crippen molar-refractivity contribution < 1.29 is 0 Å². The van der Waals surface area contributed by atoms with Gasteiger partial charge in [-0.05, 0) is 49.5 Å². The second-order valence-corrected chi connectivity index (χ2v) is 6.59. The van der Waals surface area contributed by atoms with Crippen LogP contribution in [0.2, 0.25) is 0 Å². The minimum Gasteiger partial charge on any atom is -0.386 e. The van der Waals surface area contributed by atoms with Gasteiger partial charge in [-0.25, -0.2) is 0 Å². The predicted octanol–water partition coefficient (Wildman–Crippen LogP) is 4.91. The first-order valence-electron chi connectivity index (χ1n) is 8.18. The third-order valence-corrected chi connectivity index (χ3v) is 4.40. The maximum absolute atomic E-state index is 3.64. The van der Waals surface area contributed by atoms with E-state index in [-0.39, 0.29) is 0 Å². The van der Waals surface area contributed by atoms with Gasteiger partial charge in [0.15, 0.2) is 0 Å². The number of hydrogen-bond acceptors (Lipinski definition) is 3. The van der Waals surface area contributed by atoms with Crippen molar-refractivity contribution in [3.05, 3.63) is 34.5 Å². The third kappa shape index (κ3) is 6.64. The summed E-state index contributed by atoms with van der Waals surface area (Å²) in [4.78, 5) is 2.42. The van der Waals surface area contributed by atoms with Crippen LogP contribution in [0.4, 0.5) is 0 Å². The summed E-state index contributed by atoms with van der Waals surface area (Å²) in [6, 6.07) is 0.578. The van der Waals surface area contributed by atoms with E-state index in [1.807, 2.05) is 11.8 Å². The molecule has 1 aliphatic rings. The van der Waals surface area contributed by atoms with E-state index in [0.29, 0.717) is 6.04 Å². The van der Waals surface area contributed by atoms with Crippen LogP contribution in [-0.4, -0.2) is 30.3 Å². The van der Waals surface area contributed by atoms with E-state index < -0.39 is 0 Å². The van der Waals surface area contributed by atoms with E-state index in [2.05, 4.69) is 61.9 Å². The fraction of sp³-hybridized carbons (Fsp3) is 0.667. The van der Waals surface area contributed by atoms with Gasteiger partial charge in [0.25, 0.3) is 0 Å². The minimum atomic E-state index is 0.578. The summed E-state index contributed by atoms with van der Waals surface area (Å²) < 4.78 is 0. The molecule has 3 heteroatoms. The lowest BCUT2D eigenvalue weighted by atomic mass is 10.0. The van der Waals surface area contributed by atoms with Crippen LogP contribution in [0.3, 0.4) is 0 Å². The van der Waals surface area contributed by atoms with E-state index in [1.165, 1.54) is 24.1 Å². The van der Waals surface area contributed by atoms with Gasteiger partial charge >= 0.3 is 0 Å². The first-order valence-corrected chi connectivity index (χ1v) is 9.47. The highest BCUT2D eigenvalue weighted by Gasteiger charge is 2.17. The standard InChI is InChI=1S/C18H32N2S/c1-6-9-15(4)19-18(8-3)10-17-12-20(13-17)11-16(7-2)14-21-5/h8,12,14-15,19H,6-7,9-11,13H2,1-5H3/b16-14+,18-8-. The molecule has 1 atom stereocenters. The molecule has 2 nitrogen and oxygen atoms in total. The monoisotopic (exact) mass is 308 g/mol. The van der Waals surface area contributed by atoms with Crippen LogP contribution in [0.5, 0.6) is 0 Å². The zero-order valence-electron chi connectivity index (χ0n) is 14.4. The minimum absolute atomic E-state index is 0.578. The first-order chi connectivity index (χ1) is 10.1. The average molecular weight is 309 g/mol. The van der Waals surface area contributed by atoms with Crippen molar-refractivity contribution in [2.75, 3.05) is 19.3 Å². The maximum atomic E-state index is 3.64.